The number of hydrogen-bond donors (Lipinski definition) is 2. The van der Waals surface area contributed by atoms with Gasteiger partial charge < -0.3 is 5.32 Å². The Labute approximate surface area is 99.3 Å². The van der Waals surface area contributed by atoms with Gasteiger partial charge in [0.25, 0.3) is 5.56 Å². The molecule has 1 rings (SSSR count). The number of carbonyl (C=O) groups excluding carboxylic acids is 1. The van der Waals surface area contributed by atoms with Gasteiger partial charge in [0.1, 0.15) is 0 Å². The number of hydrogen-bond acceptors (Lipinski definition) is 4. The summed E-state index contributed by atoms with van der Waals surface area (Å²) in [5, 5.41) is 2.70. The summed E-state index contributed by atoms with van der Waals surface area (Å²) in [4.78, 5) is 26.6. The number of thiol groups is 1. The molecule has 1 N–H and O–H groups in total. The van der Waals surface area contributed by atoms with E-state index in [1.54, 1.807) is 6.92 Å². The lowest BCUT2D eigenvalue weighted by atomic mass is 10.4. The fourth-order valence-electron chi connectivity index (χ4n) is 1.19. The minimum atomic E-state index is -0.101. The van der Waals surface area contributed by atoms with Crippen LogP contribution in [0.5, 0.6) is 0 Å². The van der Waals surface area contributed by atoms with Crippen molar-refractivity contribution in [2.75, 3.05) is 12.3 Å². The van der Waals surface area contributed by atoms with Crippen LogP contribution in [-0.4, -0.2) is 27.8 Å². The summed E-state index contributed by atoms with van der Waals surface area (Å²) in [7, 11) is 0. The van der Waals surface area contributed by atoms with Gasteiger partial charge in [0.2, 0.25) is 5.91 Å². The fraction of sp³-hybridized carbons (Fsp3) is 0.500. The molecular weight excluding hydrogens is 226 g/mol. The number of nitrogens with one attached hydrogen (secondary N) is 1. The van der Waals surface area contributed by atoms with E-state index in [0.29, 0.717) is 31.0 Å². The van der Waals surface area contributed by atoms with E-state index in [1.165, 1.54) is 17.0 Å². The van der Waals surface area contributed by atoms with Crippen LogP contribution in [0.4, 0.5) is 0 Å². The molecule has 0 aliphatic rings. The van der Waals surface area contributed by atoms with Gasteiger partial charge in [-0.05, 0) is 12.7 Å². The van der Waals surface area contributed by atoms with Crippen LogP contribution in [0.3, 0.4) is 0 Å². The molecule has 1 amide bonds. The van der Waals surface area contributed by atoms with Crippen LogP contribution < -0.4 is 10.9 Å². The second-order valence-corrected chi connectivity index (χ2v) is 3.83. The van der Waals surface area contributed by atoms with Crippen LogP contribution in [0, 0.1) is 6.92 Å². The summed E-state index contributed by atoms with van der Waals surface area (Å²) in [6.07, 6.45) is 1.88. The average Bonchev–Trinajstić information content (AvgIpc) is 2.22. The minimum absolute atomic E-state index is 0.0527. The number of nitrogens with zero attached hydrogens (tertiary/aromatic N) is 2. The zero-order chi connectivity index (χ0) is 12.0. The molecule has 0 aliphatic heterocycles. The monoisotopic (exact) mass is 241 g/mol. The van der Waals surface area contributed by atoms with Crippen molar-refractivity contribution in [1.29, 1.82) is 0 Å². The van der Waals surface area contributed by atoms with Crippen molar-refractivity contribution in [3.05, 3.63) is 28.4 Å². The Kier molecular flexibility index (Phi) is 5.04. The highest BCUT2D eigenvalue weighted by Gasteiger charge is 2.00. The molecule has 0 bridgehead atoms. The third kappa shape index (κ3) is 4.06. The Morgan fingerprint density at radius 2 is 2.38 bits per heavy atom. The lowest BCUT2D eigenvalue weighted by Gasteiger charge is -2.06. The number of carbonyl (C=O) groups is 1. The smallest absolute Gasteiger partial charge is 0.253 e. The van der Waals surface area contributed by atoms with Crippen LogP contribution >= 0.6 is 12.6 Å². The topological polar surface area (TPSA) is 64.0 Å². The predicted octanol–water partition coefficient (Wildman–Crippen LogP) is -0.0122. The number of amides is 1. The first-order chi connectivity index (χ1) is 7.63. The highest BCUT2D eigenvalue weighted by atomic mass is 32.1. The maximum atomic E-state index is 11.4. The van der Waals surface area contributed by atoms with Gasteiger partial charge in [-0.15, -0.1) is 0 Å². The predicted molar refractivity (Wildman–Crippen MR) is 64.7 cm³/mol. The lowest BCUT2D eigenvalue weighted by molar-refractivity contribution is -0.120. The molecule has 1 heterocycles. The molecule has 0 radical (unpaired) electrons. The molecule has 16 heavy (non-hydrogen) atoms. The van der Waals surface area contributed by atoms with Crippen LogP contribution in [-0.2, 0) is 11.3 Å². The maximum absolute atomic E-state index is 11.4. The molecule has 0 aromatic carbocycles. The van der Waals surface area contributed by atoms with Crippen molar-refractivity contribution >= 4 is 18.5 Å². The van der Waals surface area contributed by atoms with Gasteiger partial charge in [-0.1, -0.05) is 0 Å². The van der Waals surface area contributed by atoms with E-state index in [4.69, 9.17) is 0 Å². The second-order valence-electron chi connectivity index (χ2n) is 3.39. The van der Waals surface area contributed by atoms with Gasteiger partial charge >= 0.3 is 0 Å². The standard InChI is InChI=1S/C10H15N3O2S/c1-8-6-10(15)13(7-12-8)4-3-11-9(14)2-5-16/h6-7,16H,2-5H2,1H3,(H,11,14). The Morgan fingerprint density at radius 1 is 1.62 bits per heavy atom. The minimum Gasteiger partial charge on any atom is -0.354 e. The first kappa shape index (κ1) is 12.8. The van der Waals surface area contributed by atoms with Gasteiger partial charge in [0.15, 0.2) is 0 Å². The molecule has 0 fully saturated rings. The SMILES string of the molecule is Cc1cc(=O)n(CCNC(=O)CCS)cn1. The average molecular weight is 241 g/mol. The molecular formula is C10H15N3O2S. The van der Waals surface area contributed by atoms with Gasteiger partial charge in [-0.2, -0.15) is 12.6 Å². The Morgan fingerprint density at radius 3 is 3.00 bits per heavy atom. The summed E-state index contributed by atoms with van der Waals surface area (Å²) in [5.74, 6) is 0.473. The molecule has 0 atom stereocenters. The van der Waals surface area contributed by atoms with E-state index in [9.17, 15) is 9.59 Å². The van der Waals surface area contributed by atoms with Gasteiger partial charge in [0, 0.05) is 31.3 Å². The van der Waals surface area contributed by atoms with E-state index >= 15 is 0 Å². The Hall–Kier alpha value is -1.30. The molecule has 0 saturated heterocycles. The summed E-state index contributed by atoms with van der Waals surface area (Å²) in [6, 6.07) is 1.47. The normalized spacial score (nSPS) is 10.1. The Bertz CT molecular complexity index is 417. The highest BCUT2D eigenvalue weighted by Crippen LogP contribution is 1.86. The van der Waals surface area contributed by atoms with E-state index < -0.39 is 0 Å². The van der Waals surface area contributed by atoms with Gasteiger partial charge in [-0.3, -0.25) is 14.2 Å². The molecule has 0 spiro atoms. The first-order valence-corrected chi connectivity index (χ1v) is 5.67. The Balaban J connectivity index is 2.43. The van der Waals surface area contributed by atoms with Crippen LogP contribution in [0.2, 0.25) is 0 Å². The first-order valence-electron chi connectivity index (χ1n) is 5.04. The second kappa shape index (κ2) is 6.32. The van der Waals surface area contributed by atoms with Crippen LogP contribution in [0.15, 0.2) is 17.2 Å². The number of rotatable bonds is 5. The number of aryl methyl sites for hydroxylation is 1. The third-order valence-electron chi connectivity index (χ3n) is 2.03. The van der Waals surface area contributed by atoms with E-state index in [-0.39, 0.29) is 11.5 Å². The summed E-state index contributed by atoms with van der Waals surface area (Å²) < 4.78 is 1.47. The molecule has 88 valence electrons. The van der Waals surface area contributed by atoms with E-state index in [2.05, 4.69) is 22.9 Å². The van der Waals surface area contributed by atoms with Gasteiger partial charge in [0.05, 0.1) is 6.33 Å². The van der Waals surface area contributed by atoms with Crippen molar-refractivity contribution in [3.8, 4) is 0 Å². The van der Waals surface area contributed by atoms with E-state index in [0.717, 1.165) is 0 Å². The molecule has 6 heteroatoms. The molecule has 0 unspecified atom stereocenters. The van der Waals surface area contributed by atoms with Crippen molar-refractivity contribution < 1.29 is 4.79 Å². The number of aromatic nitrogens is 2. The van der Waals surface area contributed by atoms with Crippen LogP contribution in [0.1, 0.15) is 12.1 Å². The van der Waals surface area contributed by atoms with Crippen molar-refractivity contribution in [3.63, 3.8) is 0 Å². The van der Waals surface area contributed by atoms with Crippen molar-refractivity contribution in [2.24, 2.45) is 0 Å². The summed E-state index contributed by atoms with van der Waals surface area (Å²) in [5.41, 5.74) is 0.594. The molecule has 0 aliphatic carbocycles. The quantitative estimate of drug-likeness (QED) is 0.713. The molecule has 1 aromatic rings. The highest BCUT2D eigenvalue weighted by molar-refractivity contribution is 7.80. The zero-order valence-electron chi connectivity index (χ0n) is 9.14. The van der Waals surface area contributed by atoms with Crippen LogP contribution in [0.25, 0.3) is 0 Å². The summed E-state index contributed by atoms with van der Waals surface area (Å²) in [6.45, 7) is 2.63. The molecule has 5 nitrogen and oxygen atoms in total. The third-order valence-corrected chi connectivity index (χ3v) is 2.25. The molecule has 1 aromatic heterocycles. The zero-order valence-corrected chi connectivity index (χ0v) is 10.0. The maximum Gasteiger partial charge on any atom is 0.253 e. The van der Waals surface area contributed by atoms with E-state index in [1.807, 2.05) is 0 Å². The fourth-order valence-corrected chi connectivity index (χ4v) is 1.39. The molecule has 0 saturated carbocycles. The lowest BCUT2D eigenvalue weighted by Crippen LogP contribution is -2.30. The summed E-state index contributed by atoms with van der Waals surface area (Å²) >= 11 is 3.95. The largest absolute Gasteiger partial charge is 0.354 e. The van der Waals surface area contributed by atoms with Crippen molar-refractivity contribution in [1.82, 2.24) is 14.9 Å². The van der Waals surface area contributed by atoms with Gasteiger partial charge in [-0.25, -0.2) is 4.98 Å². The van der Waals surface area contributed by atoms with Crippen molar-refractivity contribution in [2.45, 2.75) is 19.9 Å².